The summed E-state index contributed by atoms with van der Waals surface area (Å²) >= 11 is 9.66. The van der Waals surface area contributed by atoms with Crippen LogP contribution >= 0.6 is 27.5 Å². The minimum Gasteiger partial charge on any atom is -0.465 e. The molecule has 2 aromatic heterocycles. The van der Waals surface area contributed by atoms with E-state index in [2.05, 4.69) is 21.0 Å². The maximum absolute atomic E-state index is 10.2. The van der Waals surface area contributed by atoms with Gasteiger partial charge in [0.05, 0.1) is 27.1 Å². The molecule has 0 aliphatic carbocycles. The van der Waals surface area contributed by atoms with Gasteiger partial charge in [0.2, 0.25) is 0 Å². The average Bonchev–Trinajstić information content (AvgIpc) is 2.95. The van der Waals surface area contributed by atoms with Crippen LogP contribution in [0.4, 0.5) is 0 Å². The van der Waals surface area contributed by atoms with E-state index in [1.54, 1.807) is 12.3 Å². The topological polar surface area (TPSA) is 51.2 Å². The first-order valence-electron chi connectivity index (χ1n) is 6.23. The third-order valence-corrected chi connectivity index (χ3v) is 4.12. The molecule has 2 rings (SSSR count). The van der Waals surface area contributed by atoms with Crippen LogP contribution in [0.25, 0.3) is 0 Å². The minimum absolute atomic E-state index is 0.381. The monoisotopic (exact) mass is 346 g/mol. The van der Waals surface area contributed by atoms with Crippen LogP contribution in [-0.4, -0.2) is 14.9 Å². The molecule has 1 N–H and O–H groups in total. The van der Waals surface area contributed by atoms with Crippen LogP contribution in [0.2, 0.25) is 5.02 Å². The van der Waals surface area contributed by atoms with Crippen molar-refractivity contribution in [1.82, 2.24) is 9.78 Å². The van der Waals surface area contributed by atoms with E-state index in [-0.39, 0.29) is 0 Å². The Morgan fingerprint density at radius 2 is 2.26 bits per heavy atom. The lowest BCUT2D eigenvalue weighted by Crippen LogP contribution is -2.08. The number of rotatable bonds is 5. The van der Waals surface area contributed by atoms with Gasteiger partial charge in [-0.1, -0.05) is 18.5 Å². The number of hydrogen-bond donors (Lipinski definition) is 1. The molecule has 4 nitrogen and oxygen atoms in total. The van der Waals surface area contributed by atoms with Crippen LogP contribution in [0.3, 0.4) is 0 Å². The molecule has 0 radical (unpaired) electrons. The Labute approximate surface area is 125 Å². The van der Waals surface area contributed by atoms with Gasteiger partial charge in [0.15, 0.2) is 0 Å². The summed E-state index contributed by atoms with van der Waals surface area (Å²) in [6.45, 7) is 4.74. The molecular formula is C13H16BrClN2O2. The Balaban J connectivity index is 2.28. The summed E-state index contributed by atoms with van der Waals surface area (Å²) in [4.78, 5) is 0. The Bertz CT molecular complexity index is 565. The molecule has 0 bridgehead atoms. The lowest BCUT2D eigenvalue weighted by Gasteiger charge is -2.10. The second kappa shape index (κ2) is 6.11. The van der Waals surface area contributed by atoms with Crippen molar-refractivity contribution in [2.24, 2.45) is 0 Å². The third-order valence-electron chi connectivity index (χ3n) is 3.03. The quantitative estimate of drug-likeness (QED) is 0.896. The first-order chi connectivity index (χ1) is 9.08. The molecule has 1 unspecified atom stereocenters. The molecule has 2 aromatic rings. The van der Waals surface area contributed by atoms with E-state index >= 15 is 0 Å². The first-order valence-corrected chi connectivity index (χ1v) is 7.40. The molecule has 104 valence electrons. The Kier molecular flexibility index (Phi) is 4.71. The van der Waals surface area contributed by atoms with Gasteiger partial charge in [0.25, 0.3) is 0 Å². The minimum atomic E-state index is -0.742. The number of halogens is 2. The van der Waals surface area contributed by atoms with E-state index in [0.29, 0.717) is 17.2 Å². The van der Waals surface area contributed by atoms with Gasteiger partial charge in [0.1, 0.15) is 11.9 Å². The standard InChI is InChI=1S/C13H16BrClN2O2/c1-3-9-12(15)10(17(4-2)16-9)7-11(18)13-8(14)5-6-19-13/h5-6,11,18H,3-4,7H2,1-2H3. The van der Waals surface area contributed by atoms with Gasteiger partial charge < -0.3 is 9.52 Å². The summed E-state index contributed by atoms with van der Waals surface area (Å²) in [6, 6.07) is 1.76. The SMILES string of the molecule is CCc1nn(CC)c(CC(O)c2occc2Br)c1Cl. The van der Waals surface area contributed by atoms with Crippen LogP contribution in [-0.2, 0) is 19.4 Å². The van der Waals surface area contributed by atoms with Gasteiger partial charge in [-0.05, 0) is 35.3 Å². The number of aryl methyl sites for hydroxylation is 2. The van der Waals surface area contributed by atoms with Crippen molar-refractivity contribution < 1.29 is 9.52 Å². The molecule has 0 aromatic carbocycles. The fraction of sp³-hybridized carbons (Fsp3) is 0.462. The maximum Gasteiger partial charge on any atom is 0.146 e. The summed E-state index contributed by atoms with van der Waals surface area (Å²) in [5, 5.41) is 15.3. The van der Waals surface area contributed by atoms with E-state index in [9.17, 15) is 5.11 Å². The van der Waals surface area contributed by atoms with Gasteiger partial charge in [-0.25, -0.2) is 0 Å². The second-order valence-corrected chi connectivity index (χ2v) is 5.46. The summed E-state index contributed by atoms with van der Waals surface area (Å²) in [5.41, 5.74) is 1.71. The van der Waals surface area contributed by atoms with Crippen molar-refractivity contribution in [3.05, 3.63) is 39.0 Å². The van der Waals surface area contributed by atoms with Gasteiger partial charge in [-0.2, -0.15) is 5.10 Å². The molecular weight excluding hydrogens is 332 g/mol. The number of nitrogens with zero attached hydrogens (tertiary/aromatic N) is 2. The molecule has 6 heteroatoms. The molecule has 2 heterocycles. The largest absolute Gasteiger partial charge is 0.465 e. The lowest BCUT2D eigenvalue weighted by molar-refractivity contribution is 0.146. The van der Waals surface area contributed by atoms with Crippen LogP contribution < -0.4 is 0 Å². The normalized spacial score (nSPS) is 12.9. The van der Waals surface area contributed by atoms with E-state index in [1.807, 2.05) is 18.5 Å². The number of hydrogen-bond acceptors (Lipinski definition) is 3. The highest BCUT2D eigenvalue weighted by molar-refractivity contribution is 9.10. The van der Waals surface area contributed by atoms with Gasteiger partial charge in [-0.3, -0.25) is 4.68 Å². The smallest absolute Gasteiger partial charge is 0.146 e. The van der Waals surface area contributed by atoms with Crippen molar-refractivity contribution in [3.8, 4) is 0 Å². The molecule has 0 aliphatic rings. The average molecular weight is 348 g/mol. The third kappa shape index (κ3) is 2.88. The number of aromatic nitrogens is 2. The summed E-state index contributed by atoms with van der Waals surface area (Å²) in [7, 11) is 0. The van der Waals surface area contributed by atoms with Crippen LogP contribution in [0.5, 0.6) is 0 Å². The van der Waals surface area contributed by atoms with E-state index in [0.717, 1.165) is 28.8 Å². The van der Waals surface area contributed by atoms with Crippen LogP contribution in [0.15, 0.2) is 21.2 Å². The predicted octanol–water partition coefficient (Wildman–Crippen LogP) is 3.75. The van der Waals surface area contributed by atoms with Crippen molar-refractivity contribution in [3.63, 3.8) is 0 Å². The summed E-state index contributed by atoms with van der Waals surface area (Å²) in [5.74, 6) is 0.512. The summed E-state index contributed by atoms with van der Waals surface area (Å²) < 4.78 is 7.87. The number of aliphatic hydroxyl groups excluding tert-OH is 1. The first kappa shape index (κ1) is 14.6. The zero-order valence-corrected chi connectivity index (χ0v) is 13.2. The number of furan rings is 1. The summed E-state index contributed by atoms with van der Waals surface area (Å²) in [6.07, 6.45) is 1.96. The zero-order valence-electron chi connectivity index (χ0n) is 10.9. The van der Waals surface area contributed by atoms with Crippen molar-refractivity contribution in [2.45, 2.75) is 39.3 Å². The molecule has 0 amide bonds. The van der Waals surface area contributed by atoms with E-state index in [1.165, 1.54) is 0 Å². The van der Waals surface area contributed by atoms with Crippen molar-refractivity contribution >= 4 is 27.5 Å². The van der Waals surface area contributed by atoms with Gasteiger partial charge >= 0.3 is 0 Å². The highest BCUT2D eigenvalue weighted by atomic mass is 79.9. The lowest BCUT2D eigenvalue weighted by atomic mass is 10.1. The van der Waals surface area contributed by atoms with E-state index < -0.39 is 6.10 Å². The van der Waals surface area contributed by atoms with Crippen LogP contribution in [0, 0.1) is 0 Å². The highest BCUT2D eigenvalue weighted by Crippen LogP contribution is 2.30. The highest BCUT2D eigenvalue weighted by Gasteiger charge is 2.21. The molecule has 1 atom stereocenters. The van der Waals surface area contributed by atoms with Gasteiger partial charge in [0, 0.05) is 13.0 Å². The van der Waals surface area contributed by atoms with Gasteiger partial charge in [-0.15, -0.1) is 0 Å². The molecule has 0 saturated heterocycles. The van der Waals surface area contributed by atoms with Crippen molar-refractivity contribution in [2.75, 3.05) is 0 Å². The fourth-order valence-electron chi connectivity index (χ4n) is 2.03. The predicted molar refractivity (Wildman–Crippen MR) is 77.4 cm³/mol. The zero-order chi connectivity index (χ0) is 14.0. The number of aliphatic hydroxyl groups is 1. The molecule has 0 aliphatic heterocycles. The van der Waals surface area contributed by atoms with E-state index in [4.69, 9.17) is 16.0 Å². The fourth-order valence-corrected chi connectivity index (χ4v) is 2.84. The molecule has 0 spiro atoms. The second-order valence-electron chi connectivity index (χ2n) is 4.23. The maximum atomic E-state index is 10.2. The molecule has 0 fully saturated rings. The van der Waals surface area contributed by atoms with Crippen LogP contribution in [0.1, 0.15) is 37.1 Å². The molecule has 19 heavy (non-hydrogen) atoms. The Hall–Kier alpha value is -0.780. The van der Waals surface area contributed by atoms with Crippen molar-refractivity contribution in [1.29, 1.82) is 0 Å². The Morgan fingerprint density at radius 3 is 2.79 bits per heavy atom. The molecule has 0 saturated carbocycles. The Morgan fingerprint density at radius 1 is 1.53 bits per heavy atom.